The molecule has 2 aromatic rings. The summed E-state index contributed by atoms with van der Waals surface area (Å²) in [5.41, 5.74) is 2.87. The molecule has 0 saturated carbocycles. The maximum absolute atomic E-state index is 9.36. The van der Waals surface area contributed by atoms with Gasteiger partial charge in [0.1, 0.15) is 11.9 Å². The quantitative estimate of drug-likeness (QED) is 0.779. The van der Waals surface area contributed by atoms with Crippen molar-refractivity contribution in [3.05, 3.63) is 35.4 Å². The Morgan fingerprint density at radius 3 is 2.68 bits per heavy atom. The molecule has 0 spiro atoms. The van der Waals surface area contributed by atoms with Crippen molar-refractivity contribution in [2.45, 2.75) is 26.2 Å². The highest BCUT2D eigenvalue weighted by atomic mass is 15.2. The van der Waals surface area contributed by atoms with Gasteiger partial charge in [0.05, 0.1) is 11.1 Å². The lowest BCUT2D eigenvalue weighted by Gasteiger charge is -2.28. The van der Waals surface area contributed by atoms with E-state index in [0.29, 0.717) is 5.56 Å². The first-order valence-electron chi connectivity index (χ1n) is 6.84. The van der Waals surface area contributed by atoms with Crippen LogP contribution in [0.5, 0.6) is 0 Å². The molecule has 1 aliphatic heterocycles. The van der Waals surface area contributed by atoms with Crippen LogP contribution in [0.1, 0.15) is 30.4 Å². The fourth-order valence-electron chi connectivity index (χ4n) is 2.71. The van der Waals surface area contributed by atoms with Crippen LogP contribution in [-0.4, -0.2) is 18.1 Å². The Morgan fingerprint density at radius 1 is 1.16 bits per heavy atom. The molecule has 3 heteroatoms. The van der Waals surface area contributed by atoms with E-state index in [-0.39, 0.29) is 0 Å². The molecule has 0 atom stereocenters. The van der Waals surface area contributed by atoms with E-state index in [4.69, 9.17) is 4.98 Å². The maximum atomic E-state index is 9.36. The van der Waals surface area contributed by atoms with Gasteiger partial charge < -0.3 is 4.90 Å². The molecular formula is C16H17N3. The molecule has 0 radical (unpaired) electrons. The van der Waals surface area contributed by atoms with Crippen molar-refractivity contribution in [3.8, 4) is 6.07 Å². The van der Waals surface area contributed by atoms with Crippen LogP contribution >= 0.6 is 0 Å². The summed E-state index contributed by atoms with van der Waals surface area (Å²) in [6.45, 7) is 4.09. The summed E-state index contributed by atoms with van der Waals surface area (Å²) in [5, 5.41) is 10.4. The lowest BCUT2D eigenvalue weighted by molar-refractivity contribution is 0.573. The van der Waals surface area contributed by atoms with E-state index in [1.54, 1.807) is 0 Å². The van der Waals surface area contributed by atoms with E-state index in [1.165, 1.54) is 24.8 Å². The SMILES string of the molecule is Cc1ccc2nc(N3CCCCC3)c(C#N)cc2c1. The number of rotatable bonds is 1. The largest absolute Gasteiger partial charge is 0.356 e. The van der Waals surface area contributed by atoms with Gasteiger partial charge in [-0.2, -0.15) is 5.26 Å². The fourth-order valence-corrected chi connectivity index (χ4v) is 2.71. The third-order valence-electron chi connectivity index (χ3n) is 3.73. The van der Waals surface area contributed by atoms with Gasteiger partial charge in [-0.3, -0.25) is 0 Å². The molecule has 19 heavy (non-hydrogen) atoms. The number of hydrogen-bond donors (Lipinski definition) is 0. The van der Waals surface area contributed by atoms with E-state index in [0.717, 1.165) is 29.8 Å². The van der Waals surface area contributed by atoms with Gasteiger partial charge in [0, 0.05) is 18.5 Å². The van der Waals surface area contributed by atoms with E-state index in [9.17, 15) is 5.26 Å². The second kappa shape index (κ2) is 4.89. The van der Waals surface area contributed by atoms with Crippen molar-refractivity contribution in [2.24, 2.45) is 0 Å². The van der Waals surface area contributed by atoms with Crippen LogP contribution in [0.2, 0.25) is 0 Å². The molecule has 1 aliphatic rings. The molecule has 96 valence electrons. The standard InChI is InChI=1S/C16H17N3/c1-12-5-6-15-13(9-12)10-14(11-17)16(18-15)19-7-3-2-4-8-19/h5-6,9-10H,2-4,7-8H2,1H3. The van der Waals surface area contributed by atoms with Crippen molar-refractivity contribution >= 4 is 16.7 Å². The van der Waals surface area contributed by atoms with Gasteiger partial charge in [-0.05, 0) is 44.4 Å². The second-order valence-electron chi connectivity index (χ2n) is 5.22. The molecule has 3 rings (SSSR count). The topological polar surface area (TPSA) is 39.9 Å². The Labute approximate surface area is 113 Å². The molecule has 1 fully saturated rings. The fraction of sp³-hybridized carbons (Fsp3) is 0.375. The van der Waals surface area contributed by atoms with Gasteiger partial charge >= 0.3 is 0 Å². The smallest absolute Gasteiger partial charge is 0.147 e. The summed E-state index contributed by atoms with van der Waals surface area (Å²) in [7, 11) is 0. The van der Waals surface area contributed by atoms with Crippen LogP contribution in [0.25, 0.3) is 10.9 Å². The Balaban J connectivity index is 2.12. The Hall–Kier alpha value is -2.08. The van der Waals surface area contributed by atoms with Crippen LogP contribution < -0.4 is 4.90 Å². The first-order chi connectivity index (χ1) is 9.28. The minimum atomic E-state index is 0.694. The third-order valence-corrected chi connectivity index (χ3v) is 3.73. The molecule has 1 aromatic heterocycles. The maximum Gasteiger partial charge on any atom is 0.147 e. The van der Waals surface area contributed by atoms with Crippen molar-refractivity contribution < 1.29 is 0 Å². The summed E-state index contributed by atoms with van der Waals surface area (Å²) in [5.74, 6) is 0.860. The number of fused-ring (bicyclic) bond motifs is 1. The summed E-state index contributed by atoms with van der Waals surface area (Å²) in [6.07, 6.45) is 3.67. The zero-order valence-electron chi connectivity index (χ0n) is 11.2. The molecule has 0 N–H and O–H groups in total. The van der Waals surface area contributed by atoms with Crippen molar-refractivity contribution in [3.63, 3.8) is 0 Å². The normalized spacial score (nSPS) is 15.5. The number of nitriles is 1. The number of anilines is 1. The summed E-state index contributed by atoms with van der Waals surface area (Å²) < 4.78 is 0. The minimum Gasteiger partial charge on any atom is -0.356 e. The first-order valence-corrected chi connectivity index (χ1v) is 6.84. The minimum absolute atomic E-state index is 0.694. The average Bonchev–Trinajstić information content (AvgIpc) is 2.46. The number of aromatic nitrogens is 1. The zero-order chi connectivity index (χ0) is 13.2. The van der Waals surface area contributed by atoms with Gasteiger partial charge in [0.25, 0.3) is 0 Å². The first kappa shape index (κ1) is 12.0. The van der Waals surface area contributed by atoms with E-state index in [1.807, 2.05) is 12.1 Å². The molecule has 0 aliphatic carbocycles. The predicted octanol–water partition coefficient (Wildman–Crippen LogP) is 3.41. The second-order valence-corrected chi connectivity index (χ2v) is 5.22. The van der Waals surface area contributed by atoms with Gasteiger partial charge in [-0.15, -0.1) is 0 Å². The number of nitrogens with zero attached hydrogens (tertiary/aromatic N) is 3. The highest BCUT2D eigenvalue weighted by Crippen LogP contribution is 2.26. The Kier molecular flexibility index (Phi) is 3.08. The number of aryl methyl sites for hydroxylation is 1. The number of pyridine rings is 1. The molecular weight excluding hydrogens is 234 g/mol. The molecule has 2 heterocycles. The third kappa shape index (κ3) is 2.26. The van der Waals surface area contributed by atoms with Gasteiger partial charge in [0.2, 0.25) is 0 Å². The van der Waals surface area contributed by atoms with Crippen LogP contribution in [0.15, 0.2) is 24.3 Å². The molecule has 0 amide bonds. The van der Waals surface area contributed by atoms with Crippen LogP contribution in [0.4, 0.5) is 5.82 Å². The molecule has 1 aromatic carbocycles. The number of hydrogen-bond acceptors (Lipinski definition) is 3. The molecule has 1 saturated heterocycles. The molecule has 0 bridgehead atoms. The molecule has 3 nitrogen and oxygen atoms in total. The molecule has 0 unspecified atom stereocenters. The Bertz CT molecular complexity index is 649. The van der Waals surface area contributed by atoms with E-state index < -0.39 is 0 Å². The van der Waals surface area contributed by atoms with Crippen LogP contribution in [0.3, 0.4) is 0 Å². The van der Waals surface area contributed by atoms with E-state index >= 15 is 0 Å². The van der Waals surface area contributed by atoms with Crippen molar-refractivity contribution in [2.75, 3.05) is 18.0 Å². The highest BCUT2D eigenvalue weighted by Gasteiger charge is 2.16. The monoisotopic (exact) mass is 251 g/mol. The average molecular weight is 251 g/mol. The van der Waals surface area contributed by atoms with Crippen molar-refractivity contribution in [1.82, 2.24) is 4.98 Å². The number of piperidine rings is 1. The predicted molar refractivity (Wildman–Crippen MR) is 77.3 cm³/mol. The lowest BCUT2D eigenvalue weighted by Crippen LogP contribution is -2.30. The lowest BCUT2D eigenvalue weighted by atomic mass is 10.1. The highest BCUT2D eigenvalue weighted by molar-refractivity contribution is 5.83. The summed E-state index contributed by atoms with van der Waals surface area (Å²) >= 11 is 0. The van der Waals surface area contributed by atoms with Crippen LogP contribution in [0, 0.1) is 18.3 Å². The number of benzene rings is 1. The van der Waals surface area contributed by atoms with Crippen molar-refractivity contribution in [1.29, 1.82) is 5.26 Å². The zero-order valence-corrected chi connectivity index (χ0v) is 11.2. The summed E-state index contributed by atoms with van der Waals surface area (Å²) in [6, 6.07) is 10.5. The van der Waals surface area contributed by atoms with E-state index in [2.05, 4.69) is 30.0 Å². The Morgan fingerprint density at radius 2 is 1.95 bits per heavy atom. The van der Waals surface area contributed by atoms with Gasteiger partial charge in [-0.1, -0.05) is 11.6 Å². The summed E-state index contributed by atoms with van der Waals surface area (Å²) in [4.78, 5) is 6.97. The van der Waals surface area contributed by atoms with Crippen LogP contribution in [-0.2, 0) is 0 Å². The van der Waals surface area contributed by atoms with Gasteiger partial charge in [0.15, 0.2) is 0 Å². The van der Waals surface area contributed by atoms with Gasteiger partial charge in [-0.25, -0.2) is 4.98 Å².